The molecule has 4 aromatic rings. The molecule has 1 aliphatic heterocycles. The number of nitro benzene ring substituents is 2. The molecule has 2 atom stereocenters. The summed E-state index contributed by atoms with van der Waals surface area (Å²) in [5, 5.41) is 26.1. The Balaban J connectivity index is 1.54. The average molecular weight is 539 g/mol. The number of esters is 1. The summed E-state index contributed by atoms with van der Waals surface area (Å²) in [4.78, 5) is 73.8. The van der Waals surface area contributed by atoms with Crippen molar-refractivity contribution in [3.63, 3.8) is 0 Å². The summed E-state index contributed by atoms with van der Waals surface area (Å²) in [6.07, 6.45) is -1.44. The number of anilines is 1. The molecular weight excluding hydrogens is 522 g/mol. The van der Waals surface area contributed by atoms with Crippen LogP contribution in [-0.2, 0) is 14.3 Å². The van der Waals surface area contributed by atoms with E-state index in [4.69, 9.17) is 4.74 Å². The SMILES string of the molecule is O=C(Nc1ccc([N+](=O)[O-])cc1[N+](=O)[O-])C(=O)[C@@H](C(=O)c1ccc2ccccc2c1)[C@@H]1OC(=O)c2ccccc21. The van der Waals surface area contributed by atoms with Gasteiger partial charge in [0, 0.05) is 17.2 Å². The Bertz CT molecular complexity index is 1770. The number of nitrogens with one attached hydrogen (secondary N) is 1. The Labute approximate surface area is 224 Å². The van der Waals surface area contributed by atoms with E-state index in [-0.39, 0.29) is 16.7 Å². The number of ketones is 2. The van der Waals surface area contributed by atoms with Crippen molar-refractivity contribution in [1.29, 1.82) is 0 Å². The maximum Gasteiger partial charge on any atom is 0.339 e. The predicted molar refractivity (Wildman–Crippen MR) is 140 cm³/mol. The fourth-order valence-corrected chi connectivity index (χ4v) is 4.55. The minimum absolute atomic E-state index is 0.0756. The summed E-state index contributed by atoms with van der Waals surface area (Å²) < 4.78 is 5.41. The highest BCUT2D eigenvalue weighted by Gasteiger charge is 2.46. The number of fused-ring (bicyclic) bond motifs is 2. The Morgan fingerprint density at radius 1 is 0.825 bits per heavy atom. The van der Waals surface area contributed by atoms with Crippen LogP contribution >= 0.6 is 0 Å². The zero-order valence-corrected chi connectivity index (χ0v) is 20.3. The topological polar surface area (TPSA) is 176 Å². The number of rotatable bonds is 8. The van der Waals surface area contributed by atoms with E-state index in [2.05, 4.69) is 5.32 Å². The molecule has 198 valence electrons. The standard InChI is InChI=1S/C28H17N3O9/c32-24(17-10-9-15-5-1-2-6-16(15)13-17)23(26-19-7-3-4-8-20(19)28(35)40-26)25(33)27(34)29-21-12-11-18(30(36)37)14-22(21)31(38)39/h1-14,23,26H,(H,29,34)/t23-,26-/m1/s1. The molecule has 5 rings (SSSR count). The highest BCUT2D eigenvalue weighted by atomic mass is 16.6. The van der Waals surface area contributed by atoms with Crippen LogP contribution in [0.15, 0.2) is 84.9 Å². The molecule has 0 aromatic heterocycles. The van der Waals surface area contributed by atoms with Crippen LogP contribution in [0.3, 0.4) is 0 Å². The molecule has 12 nitrogen and oxygen atoms in total. The highest BCUT2D eigenvalue weighted by Crippen LogP contribution is 2.39. The van der Waals surface area contributed by atoms with Crippen molar-refractivity contribution in [1.82, 2.24) is 0 Å². The molecule has 1 aliphatic rings. The molecule has 0 unspecified atom stereocenters. The summed E-state index contributed by atoms with van der Waals surface area (Å²) in [6.45, 7) is 0. The summed E-state index contributed by atoms with van der Waals surface area (Å²) in [7, 11) is 0. The second-order valence-corrected chi connectivity index (χ2v) is 8.85. The average Bonchev–Trinajstić information content (AvgIpc) is 3.28. The predicted octanol–water partition coefficient (Wildman–Crippen LogP) is 4.57. The minimum Gasteiger partial charge on any atom is -0.453 e. The minimum atomic E-state index is -1.83. The van der Waals surface area contributed by atoms with E-state index in [0.29, 0.717) is 11.5 Å². The molecule has 0 fully saturated rings. The van der Waals surface area contributed by atoms with Gasteiger partial charge in [0.25, 0.3) is 17.3 Å². The van der Waals surface area contributed by atoms with Gasteiger partial charge in [-0.3, -0.25) is 34.6 Å². The number of nitrogens with zero attached hydrogens (tertiary/aromatic N) is 2. The Hall–Kier alpha value is -5.78. The number of cyclic esters (lactones) is 1. The lowest BCUT2D eigenvalue weighted by Crippen LogP contribution is -2.38. The van der Waals surface area contributed by atoms with Crippen LogP contribution in [0, 0.1) is 26.1 Å². The molecule has 0 spiro atoms. The number of carbonyl (C=O) groups excluding carboxylic acids is 4. The Morgan fingerprint density at radius 3 is 2.25 bits per heavy atom. The third-order valence-electron chi connectivity index (χ3n) is 6.48. The smallest absolute Gasteiger partial charge is 0.339 e. The van der Waals surface area contributed by atoms with Gasteiger partial charge in [-0.1, -0.05) is 54.6 Å². The van der Waals surface area contributed by atoms with Gasteiger partial charge in [0.05, 0.1) is 21.5 Å². The second kappa shape index (κ2) is 10.2. The largest absolute Gasteiger partial charge is 0.453 e. The Kier molecular flexibility index (Phi) is 6.58. The van der Waals surface area contributed by atoms with Gasteiger partial charge < -0.3 is 10.1 Å². The second-order valence-electron chi connectivity index (χ2n) is 8.85. The van der Waals surface area contributed by atoms with Crippen molar-refractivity contribution in [2.24, 2.45) is 5.92 Å². The van der Waals surface area contributed by atoms with Crippen LogP contribution in [0.25, 0.3) is 10.8 Å². The molecule has 0 saturated carbocycles. The van der Waals surface area contributed by atoms with E-state index in [0.717, 1.165) is 17.5 Å². The van der Waals surface area contributed by atoms with E-state index in [1.54, 1.807) is 36.4 Å². The summed E-state index contributed by atoms with van der Waals surface area (Å²) >= 11 is 0. The summed E-state index contributed by atoms with van der Waals surface area (Å²) in [5.74, 6) is -6.14. The normalized spacial score (nSPS) is 14.6. The van der Waals surface area contributed by atoms with E-state index >= 15 is 0 Å². The van der Waals surface area contributed by atoms with E-state index in [9.17, 15) is 39.4 Å². The number of Topliss-reactive ketones (excluding diaryl/α,β-unsaturated/α-hetero) is 2. The zero-order valence-electron chi connectivity index (χ0n) is 20.3. The number of hydrogen-bond donors (Lipinski definition) is 1. The van der Waals surface area contributed by atoms with Crippen LogP contribution in [0.2, 0.25) is 0 Å². The third-order valence-corrected chi connectivity index (χ3v) is 6.48. The van der Waals surface area contributed by atoms with Crippen molar-refractivity contribution in [3.8, 4) is 0 Å². The fraction of sp³-hybridized carbons (Fsp3) is 0.0714. The lowest BCUT2D eigenvalue weighted by molar-refractivity contribution is -0.393. The highest BCUT2D eigenvalue weighted by molar-refractivity contribution is 6.45. The first-order valence-electron chi connectivity index (χ1n) is 11.8. The first-order chi connectivity index (χ1) is 19.2. The van der Waals surface area contributed by atoms with Crippen molar-refractivity contribution >= 4 is 51.3 Å². The van der Waals surface area contributed by atoms with Crippen molar-refractivity contribution in [3.05, 3.63) is 122 Å². The Morgan fingerprint density at radius 2 is 1.52 bits per heavy atom. The number of non-ortho nitro benzene ring substituents is 1. The van der Waals surface area contributed by atoms with Crippen molar-refractivity contribution in [2.75, 3.05) is 5.32 Å². The molecule has 40 heavy (non-hydrogen) atoms. The van der Waals surface area contributed by atoms with E-state index < -0.39 is 62.4 Å². The molecule has 4 aromatic carbocycles. The van der Waals surface area contributed by atoms with Crippen LogP contribution in [0.5, 0.6) is 0 Å². The van der Waals surface area contributed by atoms with Crippen molar-refractivity contribution in [2.45, 2.75) is 6.10 Å². The first-order valence-corrected chi connectivity index (χ1v) is 11.8. The van der Waals surface area contributed by atoms with Crippen LogP contribution in [0.1, 0.15) is 32.4 Å². The lowest BCUT2D eigenvalue weighted by Gasteiger charge is -2.21. The fourth-order valence-electron chi connectivity index (χ4n) is 4.55. The van der Waals surface area contributed by atoms with Gasteiger partial charge in [-0.15, -0.1) is 0 Å². The van der Waals surface area contributed by atoms with Gasteiger partial charge in [0.1, 0.15) is 17.7 Å². The van der Waals surface area contributed by atoms with Gasteiger partial charge in [-0.05, 0) is 29.0 Å². The zero-order chi connectivity index (χ0) is 28.6. The molecule has 0 aliphatic carbocycles. The molecule has 0 bridgehead atoms. The van der Waals surface area contributed by atoms with E-state index in [1.165, 1.54) is 18.2 Å². The van der Waals surface area contributed by atoms with Crippen LogP contribution in [-0.4, -0.2) is 33.3 Å². The molecule has 1 N–H and O–H groups in total. The molecular formula is C28H17N3O9. The molecule has 1 amide bonds. The van der Waals surface area contributed by atoms with E-state index in [1.807, 2.05) is 12.1 Å². The number of benzene rings is 4. The van der Waals surface area contributed by atoms with Gasteiger partial charge in [-0.25, -0.2) is 4.79 Å². The lowest BCUT2D eigenvalue weighted by atomic mass is 9.84. The quantitative estimate of drug-likeness (QED) is 0.0839. The molecule has 1 heterocycles. The number of carbonyl (C=O) groups is 4. The van der Waals surface area contributed by atoms with Gasteiger partial charge in [-0.2, -0.15) is 0 Å². The van der Waals surface area contributed by atoms with Crippen LogP contribution < -0.4 is 5.32 Å². The summed E-state index contributed by atoms with van der Waals surface area (Å²) in [6, 6.07) is 20.4. The molecule has 0 saturated heterocycles. The maximum absolute atomic E-state index is 13.8. The number of amides is 1. The van der Waals surface area contributed by atoms with Gasteiger partial charge in [0.15, 0.2) is 5.78 Å². The molecule has 0 radical (unpaired) electrons. The maximum atomic E-state index is 13.8. The molecule has 12 heteroatoms. The van der Waals surface area contributed by atoms with Gasteiger partial charge >= 0.3 is 5.97 Å². The number of nitro groups is 2. The van der Waals surface area contributed by atoms with Gasteiger partial charge in [0.2, 0.25) is 5.78 Å². The summed E-state index contributed by atoms with van der Waals surface area (Å²) in [5.41, 5.74) is -1.49. The first kappa shape index (κ1) is 25.9. The van der Waals surface area contributed by atoms with Crippen molar-refractivity contribution < 1.29 is 33.8 Å². The monoisotopic (exact) mass is 539 g/mol. The third kappa shape index (κ3) is 4.65. The number of hydrogen-bond acceptors (Lipinski definition) is 9. The number of ether oxygens (including phenoxy) is 1. The van der Waals surface area contributed by atoms with Crippen LogP contribution in [0.4, 0.5) is 17.1 Å².